The first-order valence-electron chi connectivity index (χ1n) is 9.13. The largest absolute Gasteiger partial charge is 0.490 e. The minimum atomic E-state index is 0.613. The van der Waals surface area contributed by atoms with Gasteiger partial charge in [-0.25, -0.2) is 4.98 Å². The standard InChI is InChI=1S/C21H28N2O3S/c1-5-6-10-25-19-12-16(2)20(17(3)13-19)9-7-8-11-26-21-23-18(15-27-21)14-22-24-4/h5-6,12-15H,7-11H2,1-4H3/b6-5+,22-14+. The Morgan fingerprint density at radius 3 is 2.63 bits per heavy atom. The SMILES string of the molecule is C/C=C/COc1cc(C)c(CCCCOc2nc(/C=N/OC)cs2)c(C)c1. The maximum absolute atomic E-state index is 5.75. The van der Waals surface area contributed by atoms with Gasteiger partial charge in [0.05, 0.1) is 18.5 Å². The number of hydrogen-bond donors (Lipinski definition) is 0. The molecular weight excluding hydrogens is 360 g/mol. The van der Waals surface area contributed by atoms with Crippen molar-refractivity contribution in [2.75, 3.05) is 20.3 Å². The van der Waals surface area contributed by atoms with E-state index in [9.17, 15) is 0 Å². The summed E-state index contributed by atoms with van der Waals surface area (Å²) in [5.74, 6) is 0.937. The number of aromatic nitrogens is 1. The zero-order valence-electron chi connectivity index (χ0n) is 16.5. The molecular formula is C21H28N2O3S. The molecule has 1 aromatic heterocycles. The molecule has 6 heteroatoms. The van der Waals surface area contributed by atoms with Crippen molar-refractivity contribution < 1.29 is 14.3 Å². The van der Waals surface area contributed by atoms with E-state index in [-0.39, 0.29) is 0 Å². The predicted molar refractivity (Wildman–Crippen MR) is 111 cm³/mol. The van der Waals surface area contributed by atoms with Gasteiger partial charge in [0.2, 0.25) is 0 Å². The van der Waals surface area contributed by atoms with Gasteiger partial charge in [-0.2, -0.15) is 0 Å². The fourth-order valence-corrected chi connectivity index (χ4v) is 3.38. The Balaban J connectivity index is 1.76. The van der Waals surface area contributed by atoms with E-state index in [1.807, 2.05) is 24.5 Å². The summed E-state index contributed by atoms with van der Waals surface area (Å²) in [5, 5.41) is 6.26. The number of thiazole rings is 1. The van der Waals surface area contributed by atoms with Crippen molar-refractivity contribution in [2.45, 2.75) is 40.0 Å². The van der Waals surface area contributed by atoms with Crippen LogP contribution in [0.25, 0.3) is 0 Å². The zero-order valence-corrected chi connectivity index (χ0v) is 17.3. The van der Waals surface area contributed by atoms with E-state index in [0.29, 0.717) is 18.4 Å². The van der Waals surface area contributed by atoms with Gasteiger partial charge in [-0.1, -0.05) is 28.6 Å². The van der Waals surface area contributed by atoms with Crippen LogP contribution in [0.3, 0.4) is 0 Å². The number of hydrogen-bond acceptors (Lipinski definition) is 6. The van der Waals surface area contributed by atoms with Crippen molar-refractivity contribution in [3.05, 3.63) is 52.0 Å². The van der Waals surface area contributed by atoms with Gasteiger partial charge in [-0.3, -0.25) is 0 Å². The highest BCUT2D eigenvalue weighted by atomic mass is 32.1. The van der Waals surface area contributed by atoms with Crippen LogP contribution < -0.4 is 9.47 Å². The first kappa shape index (κ1) is 21.0. The molecule has 2 rings (SSSR count). The minimum absolute atomic E-state index is 0.613. The maximum atomic E-state index is 5.75. The van der Waals surface area contributed by atoms with Crippen molar-refractivity contribution in [3.8, 4) is 10.9 Å². The first-order chi connectivity index (χ1) is 13.1. The van der Waals surface area contributed by atoms with E-state index in [4.69, 9.17) is 9.47 Å². The predicted octanol–water partition coefficient (Wildman–Crippen LogP) is 5.10. The second-order valence-electron chi connectivity index (χ2n) is 6.18. The van der Waals surface area contributed by atoms with Crippen LogP contribution in [0.15, 0.2) is 34.8 Å². The summed E-state index contributed by atoms with van der Waals surface area (Å²) in [4.78, 5) is 8.96. The van der Waals surface area contributed by atoms with Crippen molar-refractivity contribution in [2.24, 2.45) is 5.16 Å². The number of benzene rings is 1. The molecule has 0 bridgehead atoms. The van der Waals surface area contributed by atoms with Crippen molar-refractivity contribution >= 4 is 17.6 Å². The Kier molecular flexibility index (Phi) is 8.84. The van der Waals surface area contributed by atoms with Crippen LogP contribution >= 0.6 is 11.3 Å². The second kappa shape index (κ2) is 11.4. The van der Waals surface area contributed by atoms with E-state index in [1.165, 1.54) is 35.1 Å². The Morgan fingerprint density at radius 1 is 1.15 bits per heavy atom. The molecule has 146 valence electrons. The number of unbranched alkanes of at least 4 members (excludes halogenated alkanes) is 1. The van der Waals surface area contributed by atoms with Gasteiger partial charge in [-0.15, -0.1) is 0 Å². The van der Waals surface area contributed by atoms with Crippen LogP contribution in [0.5, 0.6) is 10.9 Å². The summed E-state index contributed by atoms with van der Waals surface area (Å²) in [6.45, 7) is 7.58. The Labute approximate surface area is 165 Å². The molecule has 0 amide bonds. The molecule has 5 nitrogen and oxygen atoms in total. The molecule has 0 unspecified atom stereocenters. The minimum Gasteiger partial charge on any atom is -0.490 e. The number of ether oxygens (including phenoxy) is 2. The fraction of sp³-hybridized carbons (Fsp3) is 0.429. The molecule has 0 aliphatic rings. The molecule has 0 saturated heterocycles. The van der Waals surface area contributed by atoms with Gasteiger partial charge < -0.3 is 14.3 Å². The van der Waals surface area contributed by atoms with Gasteiger partial charge in [-0.05, 0) is 68.9 Å². The first-order valence-corrected chi connectivity index (χ1v) is 10.0. The Hall–Kier alpha value is -2.34. The molecule has 1 aromatic carbocycles. The second-order valence-corrected chi connectivity index (χ2v) is 7.00. The lowest BCUT2D eigenvalue weighted by atomic mass is 9.97. The average Bonchev–Trinajstić information content (AvgIpc) is 3.09. The van der Waals surface area contributed by atoms with Crippen molar-refractivity contribution in [1.29, 1.82) is 0 Å². The van der Waals surface area contributed by atoms with Crippen LogP contribution in [0.1, 0.15) is 42.1 Å². The van der Waals surface area contributed by atoms with E-state index in [2.05, 4.69) is 41.0 Å². The smallest absolute Gasteiger partial charge is 0.273 e. The molecule has 0 N–H and O–H groups in total. The zero-order chi connectivity index (χ0) is 19.5. The normalized spacial score (nSPS) is 11.4. The van der Waals surface area contributed by atoms with Gasteiger partial charge >= 0.3 is 0 Å². The summed E-state index contributed by atoms with van der Waals surface area (Å²) in [6, 6.07) is 4.25. The topological polar surface area (TPSA) is 52.9 Å². The molecule has 2 aromatic rings. The lowest BCUT2D eigenvalue weighted by Gasteiger charge is -2.13. The lowest BCUT2D eigenvalue weighted by Crippen LogP contribution is -2.01. The van der Waals surface area contributed by atoms with E-state index >= 15 is 0 Å². The highest BCUT2D eigenvalue weighted by Crippen LogP contribution is 2.24. The molecule has 0 aliphatic carbocycles. The highest BCUT2D eigenvalue weighted by molar-refractivity contribution is 7.11. The summed E-state index contributed by atoms with van der Waals surface area (Å²) in [7, 11) is 1.51. The van der Waals surface area contributed by atoms with Crippen LogP contribution in [0, 0.1) is 13.8 Å². The third kappa shape index (κ3) is 7.06. The monoisotopic (exact) mass is 388 g/mol. The number of aryl methyl sites for hydroxylation is 2. The molecule has 1 heterocycles. The molecule has 0 radical (unpaired) electrons. The van der Waals surface area contributed by atoms with Crippen LogP contribution in [-0.2, 0) is 11.3 Å². The molecule has 0 spiro atoms. The lowest BCUT2D eigenvalue weighted by molar-refractivity contribution is 0.215. The highest BCUT2D eigenvalue weighted by Gasteiger charge is 2.07. The number of nitrogens with zero attached hydrogens (tertiary/aromatic N) is 2. The third-order valence-electron chi connectivity index (χ3n) is 4.09. The van der Waals surface area contributed by atoms with E-state index < -0.39 is 0 Å². The molecule has 0 saturated carbocycles. The Morgan fingerprint density at radius 2 is 1.93 bits per heavy atom. The Bertz CT molecular complexity index is 746. The van der Waals surface area contributed by atoms with E-state index in [0.717, 1.165) is 30.7 Å². The summed E-state index contributed by atoms with van der Waals surface area (Å²) in [5.41, 5.74) is 4.72. The molecule has 27 heavy (non-hydrogen) atoms. The van der Waals surface area contributed by atoms with Crippen LogP contribution in [0.4, 0.5) is 0 Å². The number of rotatable bonds is 11. The van der Waals surface area contributed by atoms with Gasteiger partial charge in [0, 0.05) is 5.38 Å². The quantitative estimate of drug-likeness (QED) is 0.233. The summed E-state index contributed by atoms with van der Waals surface area (Å²) < 4.78 is 11.5. The molecule has 0 atom stereocenters. The van der Waals surface area contributed by atoms with Gasteiger partial charge in [0.25, 0.3) is 5.19 Å². The van der Waals surface area contributed by atoms with Gasteiger partial charge in [0.1, 0.15) is 19.5 Å². The number of allylic oxidation sites excluding steroid dienone is 1. The number of oxime groups is 1. The third-order valence-corrected chi connectivity index (χ3v) is 4.86. The van der Waals surface area contributed by atoms with Crippen molar-refractivity contribution in [3.63, 3.8) is 0 Å². The van der Waals surface area contributed by atoms with E-state index in [1.54, 1.807) is 6.21 Å². The molecule has 0 fully saturated rings. The average molecular weight is 389 g/mol. The summed E-state index contributed by atoms with van der Waals surface area (Å²) in [6.07, 6.45) is 8.67. The molecule has 0 aliphatic heterocycles. The summed E-state index contributed by atoms with van der Waals surface area (Å²) >= 11 is 1.47. The van der Waals surface area contributed by atoms with Crippen LogP contribution in [-0.4, -0.2) is 31.5 Å². The fourth-order valence-electron chi connectivity index (χ4n) is 2.74. The van der Waals surface area contributed by atoms with Gasteiger partial charge in [0.15, 0.2) is 0 Å². The maximum Gasteiger partial charge on any atom is 0.273 e. The van der Waals surface area contributed by atoms with Crippen molar-refractivity contribution in [1.82, 2.24) is 4.98 Å². The van der Waals surface area contributed by atoms with Crippen LogP contribution in [0.2, 0.25) is 0 Å².